The van der Waals surface area contributed by atoms with E-state index < -0.39 is 0 Å². The second kappa shape index (κ2) is 8.84. The van der Waals surface area contributed by atoms with Gasteiger partial charge in [0.2, 0.25) is 0 Å². The third kappa shape index (κ3) is 4.81. The number of halogens is 1. The van der Waals surface area contributed by atoms with Crippen molar-refractivity contribution in [3.05, 3.63) is 12.2 Å². The SMILES string of the molecule is CCNC(=NCc1ncnn1C)NCCC1CC2CCC1C2.I. The van der Waals surface area contributed by atoms with Crippen LogP contribution in [0.15, 0.2) is 11.3 Å². The van der Waals surface area contributed by atoms with E-state index in [0.717, 1.165) is 42.6 Å². The lowest BCUT2D eigenvalue weighted by Gasteiger charge is -2.22. The van der Waals surface area contributed by atoms with Crippen molar-refractivity contribution in [1.82, 2.24) is 25.4 Å². The highest BCUT2D eigenvalue weighted by Gasteiger charge is 2.38. The van der Waals surface area contributed by atoms with Gasteiger partial charge in [0, 0.05) is 20.1 Å². The van der Waals surface area contributed by atoms with Crippen molar-refractivity contribution in [1.29, 1.82) is 0 Å². The molecule has 2 aliphatic carbocycles. The van der Waals surface area contributed by atoms with E-state index >= 15 is 0 Å². The van der Waals surface area contributed by atoms with Crippen molar-refractivity contribution >= 4 is 29.9 Å². The monoisotopic (exact) mass is 432 g/mol. The van der Waals surface area contributed by atoms with Gasteiger partial charge in [-0.2, -0.15) is 5.10 Å². The summed E-state index contributed by atoms with van der Waals surface area (Å²) in [6.45, 7) is 4.53. The minimum absolute atomic E-state index is 0. The van der Waals surface area contributed by atoms with Gasteiger partial charge in [-0.3, -0.25) is 4.68 Å². The second-order valence-electron chi connectivity index (χ2n) is 6.65. The van der Waals surface area contributed by atoms with Crippen molar-refractivity contribution in [3.8, 4) is 0 Å². The van der Waals surface area contributed by atoms with E-state index in [4.69, 9.17) is 0 Å². The standard InChI is InChI=1S/C16H28N6.HI/c1-3-17-16(19-10-15-20-11-21-22(15)2)18-7-6-14-9-12-4-5-13(14)8-12;/h11-14H,3-10H2,1-2H3,(H2,17,18,19);1H. The van der Waals surface area contributed by atoms with Crippen LogP contribution in [0, 0.1) is 17.8 Å². The normalized spacial score (nSPS) is 26.2. The maximum atomic E-state index is 4.60. The van der Waals surface area contributed by atoms with Gasteiger partial charge in [0.05, 0.1) is 0 Å². The summed E-state index contributed by atoms with van der Waals surface area (Å²) in [6.07, 6.45) is 8.74. The zero-order chi connectivity index (χ0) is 15.4. The molecular formula is C16H29IN6. The number of hydrogen-bond acceptors (Lipinski definition) is 3. The van der Waals surface area contributed by atoms with Crippen LogP contribution in [-0.2, 0) is 13.6 Å². The fourth-order valence-corrected chi connectivity index (χ4v) is 4.06. The summed E-state index contributed by atoms with van der Waals surface area (Å²) in [6, 6.07) is 0. The summed E-state index contributed by atoms with van der Waals surface area (Å²) in [5, 5.41) is 10.8. The first kappa shape index (κ1) is 18.5. The molecule has 3 atom stereocenters. The molecule has 130 valence electrons. The molecule has 7 heteroatoms. The molecule has 1 aromatic rings. The molecular weight excluding hydrogens is 403 g/mol. The molecule has 1 heterocycles. The Hall–Kier alpha value is -0.860. The molecule has 0 radical (unpaired) electrons. The maximum absolute atomic E-state index is 4.60. The molecule has 2 N–H and O–H groups in total. The van der Waals surface area contributed by atoms with Crippen LogP contribution in [-0.4, -0.2) is 33.8 Å². The first-order valence-corrected chi connectivity index (χ1v) is 8.61. The average Bonchev–Trinajstić information content (AvgIpc) is 3.22. The molecule has 3 rings (SSSR count). The van der Waals surface area contributed by atoms with Crippen LogP contribution in [0.2, 0.25) is 0 Å². The van der Waals surface area contributed by atoms with Crippen LogP contribution in [0.3, 0.4) is 0 Å². The number of fused-ring (bicyclic) bond motifs is 2. The first-order valence-electron chi connectivity index (χ1n) is 8.61. The Kier molecular flexibility index (Phi) is 7.10. The van der Waals surface area contributed by atoms with Crippen molar-refractivity contribution in [2.24, 2.45) is 29.8 Å². The number of nitrogens with zero attached hydrogens (tertiary/aromatic N) is 4. The molecule has 0 saturated heterocycles. The van der Waals surface area contributed by atoms with Gasteiger partial charge in [-0.1, -0.05) is 6.42 Å². The molecule has 6 nitrogen and oxygen atoms in total. The summed E-state index contributed by atoms with van der Waals surface area (Å²) in [7, 11) is 1.90. The Balaban J connectivity index is 0.00000192. The highest BCUT2D eigenvalue weighted by molar-refractivity contribution is 14.0. The van der Waals surface area contributed by atoms with Gasteiger partial charge in [0.15, 0.2) is 5.96 Å². The topological polar surface area (TPSA) is 67.1 Å². The number of aliphatic imine (C=N–C) groups is 1. The van der Waals surface area contributed by atoms with Crippen LogP contribution in [0.1, 0.15) is 44.9 Å². The smallest absolute Gasteiger partial charge is 0.191 e. The summed E-state index contributed by atoms with van der Waals surface area (Å²) in [5.41, 5.74) is 0. The maximum Gasteiger partial charge on any atom is 0.191 e. The lowest BCUT2D eigenvalue weighted by atomic mass is 9.86. The lowest BCUT2D eigenvalue weighted by Crippen LogP contribution is -2.38. The van der Waals surface area contributed by atoms with Crippen LogP contribution >= 0.6 is 24.0 Å². The third-order valence-corrected chi connectivity index (χ3v) is 5.22. The highest BCUT2D eigenvalue weighted by atomic mass is 127. The molecule has 0 aromatic carbocycles. The Bertz CT molecular complexity index is 514. The third-order valence-electron chi connectivity index (χ3n) is 5.22. The molecule has 2 aliphatic rings. The Morgan fingerprint density at radius 1 is 1.35 bits per heavy atom. The van der Waals surface area contributed by atoms with Gasteiger partial charge in [-0.05, 0) is 50.4 Å². The molecule has 2 bridgehead atoms. The largest absolute Gasteiger partial charge is 0.357 e. The van der Waals surface area contributed by atoms with E-state index in [1.807, 2.05) is 7.05 Å². The van der Waals surface area contributed by atoms with Gasteiger partial charge < -0.3 is 10.6 Å². The van der Waals surface area contributed by atoms with Crippen molar-refractivity contribution in [3.63, 3.8) is 0 Å². The van der Waals surface area contributed by atoms with Crippen molar-refractivity contribution < 1.29 is 0 Å². The van der Waals surface area contributed by atoms with Gasteiger partial charge in [-0.25, -0.2) is 9.98 Å². The molecule has 0 amide bonds. The van der Waals surface area contributed by atoms with Crippen LogP contribution < -0.4 is 10.6 Å². The molecule has 2 saturated carbocycles. The van der Waals surface area contributed by atoms with Gasteiger partial charge >= 0.3 is 0 Å². The van der Waals surface area contributed by atoms with E-state index in [0.29, 0.717) is 6.54 Å². The quantitative estimate of drug-likeness (QED) is 0.412. The summed E-state index contributed by atoms with van der Waals surface area (Å²) in [4.78, 5) is 8.81. The predicted molar refractivity (Wildman–Crippen MR) is 103 cm³/mol. The van der Waals surface area contributed by atoms with E-state index in [2.05, 4.69) is 32.6 Å². The number of guanidine groups is 1. The molecule has 1 aromatic heterocycles. The minimum Gasteiger partial charge on any atom is -0.357 e. The number of rotatable bonds is 6. The molecule has 3 unspecified atom stereocenters. The fraction of sp³-hybridized carbons (Fsp3) is 0.812. The average molecular weight is 432 g/mol. The van der Waals surface area contributed by atoms with Gasteiger partial charge in [0.25, 0.3) is 0 Å². The summed E-state index contributed by atoms with van der Waals surface area (Å²) < 4.78 is 1.77. The number of nitrogens with one attached hydrogen (secondary N) is 2. The van der Waals surface area contributed by atoms with E-state index in [-0.39, 0.29) is 24.0 Å². The summed E-state index contributed by atoms with van der Waals surface area (Å²) in [5.74, 6) is 4.74. The van der Waals surface area contributed by atoms with Gasteiger partial charge in [0.1, 0.15) is 18.7 Å². The lowest BCUT2D eigenvalue weighted by molar-refractivity contribution is 0.315. The Labute approximate surface area is 155 Å². The van der Waals surface area contributed by atoms with Crippen molar-refractivity contribution in [2.45, 2.75) is 45.6 Å². The van der Waals surface area contributed by atoms with Gasteiger partial charge in [-0.15, -0.1) is 24.0 Å². The van der Waals surface area contributed by atoms with E-state index in [9.17, 15) is 0 Å². The minimum atomic E-state index is 0. The number of aryl methyl sites for hydroxylation is 1. The summed E-state index contributed by atoms with van der Waals surface area (Å²) >= 11 is 0. The van der Waals surface area contributed by atoms with Crippen LogP contribution in [0.4, 0.5) is 0 Å². The number of hydrogen-bond donors (Lipinski definition) is 2. The second-order valence-corrected chi connectivity index (χ2v) is 6.65. The van der Waals surface area contributed by atoms with E-state index in [1.54, 1.807) is 11.0 Å². The zero-order valence-electron chi connectivity index (χ0n) is 14.2. The number of aromatic nitrogens is 3. The first-order chi connectivity index (χ1) is 10.8. The van der Waals surface area contributed by atoms with Crippen LogP contribution in [0.5, 0.6) is 0 Å². The molecule has 0 spiro atoms. The predicted octanol–water partition coefficient (Wildman–Crippen LogP) is 2.31. The Morgan fingerprint density at radius 3 is 2.83 bits per heavy atom. The highest BCUT2D eigenvalue weighted by Crippen LogP contribution is 2.49. The fourth-order valence-electron chi connectivity index (χ4n) is 4.06. The zero-order valence-corrected chi connectivity index (χ0v) is 16.5. The van der Waals surface area contributed by atoms with Crippen molar-refractivity contribution in [2.75, 3.05) is 13.1 Å². The van der Waals surface area contributed by atoms with Crippen LogP contribution in [0.25, 0.3) is 0 Å². The van der Waals surface area contributed by atoms with E-state index in [1.165, 1.54) is 32.1 Å². The molecule has 2 fully saturated rings. The molecule has 0 aliphatic heterocycles. The Morgan fingerprint density at radius 2 is 2.22 bits per heavy atom. The molecule has 23 heavy (non-hydrogen) atoms.